The minimum atomic E-state index is -0.673. The van der Waals surface area contributed by atoms with Crippen molar-refractivity contribution in [3.05, 3.63) is 24.5 Å². The van der Waals surface area contributed by atoms with Crippen LogP contribution in [0.15, 0.2) is 24.5 Å². The number of anilines is 1. The summed E-state index contributed by atoms with van der Waals surface area (Å²) in [4.78, 5) is 32.8. The van der Waals surface area contributed by atoms with Crippen LogP contribution in [0.2, 0.25) is 0 Å². The van der Waals surface area contributed by atoms with Gasteiger partial charge >= 0.3 is 11.8 Å². The van der Waals surface area contributed by atoms with Gasteiger partial charge in [-0.05, 0) is 71.8 Å². The first-order chi connectivity index (χ1) is 13.9. The van der Waals surface area contributed by atoms with E-state index in [-0.39, 0.29) is 0 Å². The summed E-state index contributed by atoms with van der Waals surface area (Å²) in [5, 5.41) is 5.29. The molecular weight excluding hydrogens is 370 g/mol. The molecule has 1 aromatic carbocycles. The molecule has 0 atom stereocenters. The third kappa shape index (κ3) is 7.45. The highest BCUT2D eigenvalue weighted by Gasteiger charge is 2.14. The zero-order valence-corrected chi connectivity index (χ0v) is 17.6. The summed E-state index contributed by atoms with van der Waals surface area (Å²) in [6.45, 7) is 4.64. The lowest BCUT2D eigenvalue weighted by molar-refractivity contribution is -0.136. The molecule has 0 aliphatic heterocycles. The van der Waals surface area contributed by atoms with Crippen LogP contribution in [-0.4, -0.2) is 85.0 Å². The van der Waals surface area contributed by atoms with E-state index in [9.17, 15) is 9.59 Å². The van der Waals surface area contributed by atoms with Gasteiger partial charge in [0.2, 0.25) is 0 Å². The third-order valence-electron chi connectivity index (χ3n) is 4.62. The van der Waals surface area contributed by atoms with Crippen molar-refractivity contribution in [3.63, 3.8) is 0 Å². The van der Waals surface area contributed by atoms with Crippen molar-refractivity contribution in [2.45, 2.75) is 19.4 Å². The Kier molecular flexibility index (Phi) is 9.04. The molecule has 1 heterocycles. The van der Waals surface area contributed by atoms with Crippen LogP contribution >= 0.6 is 0 Å². The summed E-state index contributed by atoms with van der Waals surface area (Å²) in [6, 6.07) is 5.47. The quantitative estimate of drug-likeness (QED) is 0.368. The van der Waals surface area contributed by atoms with Crippen LogP contribution in [0.1, 0.15) is 12.8 Å². The van der Waals surface area contributed by atoms with Gasteiger partial charge in [-0.25, -0.2) is 4.98 Å². The highest BCUT2D eigenvalue weighted by Crippen LogP contribution is 2.18. The molecule has 9 nitrogen and oxygen atoms in total. The summed E-state index contributed by atoms with van der Waals surface area (Å²) in [6.07, 6.45) is 3.51. The van der Waals surface area contributed by atoms with E-state index in [1.165, 1.54) is 0 Å². The molecule has 29 heavy (non-hydrogen) atoms. The fourth-order valence-electron chi connectivity index (χ4n) is 2.92. The molecule has 0 radical (unpaired) electrons. The minimum absolute atomic E-state index is 0.453. The van der Waals surface area contributed by atoms with Crippen LogP contribution in [0.25, 0.3) is 11.0 Å². The smallest absolute Gasteiger partial charge is 0.313 e. The first-order valence-electron chi connectivity index (χ1n) is 9.98. The topological polar surface area (TPSA) is 109 Å². The van der Waals surface area contributed by atoms with E-state index in [1.807, 2.05) is 27.2 Å². The molecule has 2 rings (SSSR count). The zero-order valence-electron chi connectivity index (χ0n) is 17.6. The Morgan fingerprint density at radius 1 is 1.10 bits per heavy atom. The number of carbonyl (C=O) groups excluding carboxylic acids is 2. The number of likely N-dealkylation sites (N-methyl/N-ethyl adjacent to an activating group) is 1. The maximum atomic E-state index is 12.1. The molecule has 0 aliphatic rings. The molecule has 0 saturated heterocycles. The average molecular weight is 404 g/mol. The first kappa shape index (κ1) is 22.8. The van der Waals surface area contributed by atoms with Crippen LogP contribution in [0.5, 0.6) is 0 Å². The Morgan fingerprint density at radius 3 is 2.59 bits per heavy atom. The summed E-state index contributed by atoms with van der Waals surface area (Å²) < 4.78 is 2.07. The number of amides is 2. The second kappa shape index (κ2) is 11.5. The SMILES string of the molecule is CN(C)CCn1cnc2cc(NC(=O)C(=O)NCCCN(C)CCCN)ccc21. The number of imidazole rings is 1. The van der Waals surface area contributed by atoms with Crippen molar-refractivity contribution in [1.82, 2.24) is 24.7 Å². The van der Waals surface area contributed by atoms with Crippen molar-refractivity contribution in [1.29, 1.82) is 0 Å². The molecule has 0 fully saturated rings. The molecule has 4 N–H and O–H groups in total. The molecule has 9 heteroatoms. The maximum Gasteiger partial charge on any atom is 0.313 e. The van der Waals surface area contributed by atoms with E-state index < -0.39 is 11.8 Å². The van der Waals surface area contributed by atoms with E-state index >= 15 is 0 Å². The van der Waals surface area contributed by atoms with Crippen molar-refractivity contribution in [2.24, 2.45) is 5.73 Å². The molecule has 0 bridgehead atoms. The lowest BCUT2D eigenvalue weighted by Gasteiger charge is -2.15. The van der Waals surface area contributed by atoms with Gasteiger partial charge in [0.15, 0.2) is 0 Å². The van der Waals surface area contributed by atoms with Gasteiger partial charge in [-0.2, -0.15) is 0 Å². The fourth-order valence-corrected chi connectivity index (χ4v) is 2.92. The van der Waals surface area contributed by atoms with Crippen LogP contribution in [0.4, 0.5) is 5.69 Å². The number of hydrogen-bond acceptors (Lipinski definition) is 6. The Labute approximate surface area is 172 Å². The zero-order chi connectivity index (χ0) is 21.2. The van der Waals surface area contributed by atoms with Gasteiger partial charge in [-0.1, -0.05) is 0 Å². The molecule has 0 unspecified atom stereocenters. The second-order valence-electron chi connectivity index (χ2n) is 7.45. The molecule has 0 spiro atoms. The van der Waals surface area contributed by atoms with Gasteiger partial charge in [0.05, 0.1) is 17.4 Å². The van der Waals surface area contributed by atoms with Gasteiger partial charge < -0.3 is 30.7 Å². The summed E-state index contributed by atoms with van der Waals surface area (Å²) in [5.41, 5.74) is 7.82. The highest BCUT2D eigenvalue weighted by molar-refractivity contribution is 6.39. The normalized spacial score (nSPS) is 11.4. The molecule has 1 aromatic heterocycles. The number of nitrogens with one attached hydrogen (secondary N) is 2. The molecule has 160 valence electrons. The largest absolute Gasteiger partial charge is 0.348 e. The summed E-state index contributed by atoms with van der Waals surface area (Å²) in [7, 11) is 6.07. The van der Waals surface area contributed by atoms with E-state index in [0.717, 1.165) is 50.1 Å². The van der Waals surface area contributed by atoms with Crippen molar-refractivity contribution < 1.29 is 9.59 Å². The van der Waals surface area contributed by atoms with E-state index in [0.29, 0.717) is 18.8 Å². The van der Waals surface area contributed by atoms with Gasteiger partial charge in [0, 0.05) is 25.3 Å². The molecular formula is C20H33N7O2. The number of nitrogens with two attached hydrogens (primary N) is 1. The highest BCUT2D eigenvalue weighted by atomic mass is 16.2. The fraction of sp³-hybridized carbons (Fsp3) is 0.550. The monoisotopic (exact) mass is 403 g/mol. The maximum absolute atomic E-state index is 12.1. The molecule has 0 aliphatic carbocycles. The summed E-state index contributed by atoms with van der Waals surface area (Å²) >= 11 is 0. The average Bonchev–Trinajstić information content (AvgIpc) is 3.10. The molecule has 0 saturated carbocycles. The summed E-state index contributed by atoms with van der Waals surface area (Å²) in [5.74, 6) is -1.31. The second-order valence-corrected chi connectivity index (χ2v) is 7.45. The van der Waals surface area contributed by atoms with E-state index in [1.54, 1.807) is 18.5 Å². The number of fused-ring (bicyclic) bond motifs is 1. The Morgan fingerprint density at radius 2 is 1.86 bits per heavy atom. The number of rotatable bonds is 11. The predicted molar refractivity (Wildman–Crippen MR) is 116 cm³/mol. The van der Waals surface area contributed by atoms with Crippen LogP contribution < -0.4 is 16.4 Å². The van der Waals surface area contributed by atoms with Gasteiger partial charge in [0.25, 0.3) is 0 Å². The Hall–Kier alpha value is -2.49. The van der Waals surface area contributed by atoms with Crippen molar-refractivity contribution >= 4 is 28.5 Å². The van der Waals surface area contributed by atoms with Crippen LogP contribution in [-0.2, 0) is 16.1 Å². The van der Waals surface area contributed by atoms with Crippen LogP contribution in [0, 0.1) is 0 Å². The number of aromatic nitrogens is 2. The number of hydrogen-bond donors (Lipinski definition) is 3. The molecule has 2 amide bonds. The third-order valence-corrected chi connectivity index (χ3v) is 4.62. The van der Waals surface area contributed by atoms with Gasteiger partial charge in [0.1, 0.15) is 0 Å². The predicted octanol–water partition coefficient (Wildman–Crippen LogP) is 0.323. The Balaban J connectivity index is 1.80. The van der Waals surface area contributed by atoms with Crippen LogP contribution in [0.3, 0.4) is 0 Å². The van der Waals surface area contributed by atoms with Gasteiger partial charge in [-0.3, -0.25) is 9.59 Å². The van der Waals surface area contributed by atoms with E-state index in [2.05, 4.69) is 30.0 Å². The standard InChI is InChI=1S/C20H33N7O2/c1-25(2)12-13-27-15-23-17-14-16(6-7-18(17)27)24-20(29)19(28)22-9-5-11-26(3)10-4-8-21/h6-7,14-15H,4-5,8-13,21H2,1-3H3,(H,22,28)(H,24,29). The molecule has 2 aromatic rings. The van der Waals surface area contributed by atoms with Crippen molar-refractivity contribution in [3.8, 4) is 0 Å². The van der Waals surface area contributed by atoms with Crippen molar-refractivity contribution in [2.75, 3.05) is 59.2 Å². The number of benzene rings is 1. The van der Waals surface area contributed by atoms with Gasteiger partial charge in [-0.15, -0.1) is 0 Å². The lowest BCUT2D eigenvalue weighted by atomic mass is 10.2. The number of nitrogens with zero attached hydrogens (tertiary/aromatic N) is 4. The minimum Gasteiger partial charge on any atom is -0.348 e. The lowest BCUT2D eigenvalue weighted by Crippen LogP contribution is -2.37. The Bertz CT molecular complexity index is 803. The first-order valence-corrected chi connectivity index (χ1v) is 9.98. The number of carbonyl (C=O) groups is 2. The van der Waals surface area contributed by atoms with E-state index in [4.69, 9.17) is 5.73 Å².